The molecule has 3 nitrogen and oxygen atoms in total. The molecule has 1 atom stereocenters. The van der Waals surface area contributed by atoms with E-state index < -0.39 is 5.97 Å². The van der Waals surface area contributed by atoms with E-state index in [4.69, 9.17) is 5.11 Å². The molecule has 0 fully saturated rings. The lowest BCUT2D eigenvalue weighted by Gasteiger charge is -1.94. The minimum Gasteiger partial charge on any atom is -0.480 e. The van der Waals surface area contributed by atoms with Crippen molar-refractivity contribution in [2.75, 3.05) is 0 Å². The molecule has 9 heavy (non-hydrogen) atoms. The Bertz CT molecular complexity index is 134. The number of carboxylic acid groups (broad SMARTS) is 1. The molecule has 1 heterocycles. The summed E-state index contributed by atoms with van der Waals surface area (Å²) in [5, 5.41) is 9.80. The van der Waals surface area contributed by atoms with Crippen LogP contribution in [0.25, 0.3) is 0 Å². The number of hydrogen-bond donors (Lipinski definition) is 1. The largest absolute Gasteiger partial charge is 0.480 e. The second-order valence-electron chi connectivity index (χ2n) is 1.28. The molecule has 52 valence electrons. The van der Waals surface area contributed by atoms with Gasteiger partial charge in [0.2, 0.25) is 0 Å². The number of rotatable bonds is 1. The van der Waals surface area contributed by atoms with Gasteiger partial charge in [0.15, 0.2) is 0 Å². The predicted octanol–water partition coefficient (Wildman–Crippen LogP) is 0.524. The lowest BCUT2D eigenvalue weighted by atomic mass is 10.4. The Labute approximate surface area is 60.2 Å². The van der Waals surface area contributed by atoms with Crippen LogP contribution in [0.15, 0.2) is 11.5 Å². The van der Waals surface area contributed by atoms with Crippen LogP contribution in [0.5, 0.6) is 0 Å². The number of aliphatic carboxylic acids is 1. The minimum absolute atomic E-state index is 0. The SMILES string of the molecule is O.O=C(O)C1C=CSS1. The molecule has 0 amide bonds. The number of carboxylic acids is 1. The first-order chi connectivity index (χ1) is 3.80. The standard InChI is InChI=1S/C4H4O2S2.H2O/c5-4(6)3-1-2-7-8-3;/h1-3H,(H,5,6);1H2. The first-order valence-corrected chi connectivity index (χ1v) is 4.30. The van der Waals surface area contributed by atoms with Gasteiger partial charge in [-0.2, -0.15) is 0 Å². The van der Waals surface area contributed by atoms with Gasteiger partial charge in [0.25, 0.3) is 0 Å². The average molecular weight is 166 g/mol. The highest BCUT2D eigenvalue weighted by molar-refractivity contribution is 8.78. The van der Waals surface area contributed by atoms with Gasteiger partial charge in [-0.15, -0.1) is 0 Å². The van der Waals surface area contributed by atoms with Crippen molar-refractivity contribution in [3.63, 3.8) is 0 Å². The van der Waals surface area contributed by atoms with E-state index in [0.29, 0.717) is 0 Å². The summed E-state index contributed by atoms with van der Waals surface area (Å²) in [5.41, 5.74) is 0. The molecular weight excluding hydrogens is 160 g/mol. The first kappa shape index (κ1) is 8.87. The molecule has 1 rings (SSSR count). The van der Waals surface area contributed by atoms with Gasteiger partial charge in [-0.05, 0) is 5.41 Å². The zero-order valence-corrected chi connectivity index (χ0v) is 6.04. The summed E-state index contributed by atoms with van der Waals surface area (Å²) < 4.78 is 0. The fourth-order valence-electron chi connectivity index (χ4n) is 0.351. The second kappa shape index (κ2) is 3.81. The molecule has 1 unspecified atom stereocenters. The van der Waals surface area contributed by atoms with Crippen molar-refractivity contribution in [3.8, 4) is 0 Å². The van der Waals surface area contributed by atoms with Crippen molar-refractivity contribution in [3.05, 3.63) is 11.5 Å². The highest BCUT2D eigenvalue weighted by Crippen LogP contribution is 2.35. The molecule has 3 N–H and O–H groups in total. The summed E-state index contributed by atoms with van der Waals surface area (Å²) in [6.45, 7) is 0. The van der Waals surface area contributed by atoms with Crippen LogP contribution >= 0.6 is 21.6 Å². The van der Waals surface area contributed by atoms with Gasteiger partial charge < -0.3 is 10.6 Å². The third-order valence-electron chi connectivity index (χ3n) is 0.712. The molecule has 0 bridgehead atoms. The van der Waals surface area contributed by atoms with Gasteiger partial charge in [-0.25, -0.2) is 0 Å². The fraction of sp³-hybridized carbons (Fsp3) is 0.250. The number of hydrogen-bond acceptors (Lipinski definition) is 3. The smallest absolute Gasteiger partial charge is 0.321 e. The molecule has 0 saturated heterocycles. The van der Waals surface area contributed by atoms with Crippen LogP contribution in [-0.2, 0) is 4.79 Å². The average Bonchev–Trinajstić information content (AvgIpc) is 2.12. The van der Waals surface area contributed by atoms with Crippen LogP contribution in [0.4, 0.5) is 0 Å². The molecule has 0 aromatic carbocycles. The third kappa shape index (κ3) is 2.30. The van der Waals surface area contributed by atoms with Gasteiger partial charge in [0.05, 0.1) is 0 Å². The molecule has 0 spiro atoms. The lowest BCUT2D eigenvalue weighted by Crippen LogP contribution is -2.09. The molecule has 0 saturated carbocycles. The van der Waals surface area contributed by atoms with Crippen LogP contribution in [0.2, 0.25) is 0 Å². The maximum atomic E-state index is 10.1. The van der Waals surface area contributed by atoms with E-state index in [9.17, 15) is 4.79 Å². The molecule has 1 aliphatic rings. The summed E-state index contributed by atoms with van der Waals surface area (Å²) in [4.78, 5) is 10.1. The van der Waals surface area contributed by atoms with Gasteiger partial charge in [0, 0.05) is 0 Å². The Balaban J connectivity index is 0.000000640. The Morgan fingerprint density at radius 3 is 2.56 bits per heavy atom. The van der Waals surface area contributed by atoms with Crippen molar-refractivity contribution in [2.45, 2.75) is 5.25 Å². The summed E-state index contributed by atoms with van der Waals surface area (Å²) in [6, 6.07) is 0. The van der Waals surface area contributed by atoms with Gasteiger partial charge in [-0.3, -0.25) is 4.79 Å². The van der Waals surface area contributed by atoms with Gasteiger partial charge in [0.1, 0.15) is 5.25 Å². The van der Waals surface area contributed by atoms with Crippen molar-refractivity contribution in [1.29, 1.82) is 0 Å². The molecule has 5 heteroatoms. The lowest BCUT2D eigenvalue weighted by molar-refractivity contribution is -0.135. The van der Waals surface area contributed by atoms with E-state index in [-0.39, 0.29) is 10.7 Å². The van der Waals surface area contributed by atoms with Crippen molar-refractivity contribution >= 4 is 27.6 Å². The van der Waals surface area contributed by atoms with Gasteiger partial charge in [-0.1, -0.05) is 27.7 Å². The van der Waals surface area contributed by atoms with E-state index >= 15 is 0 Å². The summed E-state index contributed by atoms with van der Waals surface area (Å²) in [5.74, 6) is -0.753. The maximum Gasteiger partial charge on any atom is 0.321 e. The normalized spacial score (nSPS) is 23.3. The molecule has 0 aromatic heterocycles. The summed E-state index contributed by atoms with van der Waals surface area (Å²) in [7, 11) is 2.82. The fourth-order valence-corrected chi connectivity index (χ4v) is 2.26. The van der Waals surface area contributed by atoms with Crippen LogP contribution < -0.4 is 0 Å². The summed E-state index contributed by atoms with van der Waals surface area (Å²) in [6.07, 6.45) is 1.68. The maximum absolute atomic E-state index is 10.1. The Hall–Kier alpha value is -0.130. The van der Waals surface area contributed by atoms with E-state index in [1.807, 2.05) is 0 Å². The van der Waals surface area contributed by atoms with Crippen LogP contribution in [0, 0.1) is 0 Å². The Morgan fingerprint density at radius 1 is 1.67 bits per heavy atom. The third-order valence-corrected chi connectivity index (χ3v) is 2.95. The molecule has 1 aliphatic heterocycles. The highest BCUT2D eigenvalue weighted by atomic mass is 33.1. The van der Waals surface area contributed by atoms with E-state index in [1.165, 1.54) is 21.6 Å². The van der Waals surface area contributed by atoms with E-state index in [1.54, 1.807) is 11.5 Å². The van der Waals surface area contributed by atoms with Crippen LogP contribution in [0.3, 0.4) is 0 Å². The van der Waals surface area contributed by atoms with Crippen molar-refractivity contribution in [2.24, 2.45) is 0 Å². The molecule has 0 aromatic rings. The van der Waals surface area contributed by atoms with Crippen molar-refractivity contribution in [1.82, 2.24) is 0 Å². The van der Waals surface area contributed by atoms with E-state index in [0.717, 1.165) is 0 Å². The van der Waals surface area contributed by atoms with Gasteiger partial charge >= 0.3 is 5.97 Å². The quantitative estimate of drug-likeness (QED) is 0.577. The zero-order valence-electron chi connectivity index (χ0n) is 4.40. The molecular formula is C4H6O3S2. The molecule has 0 aliphatic carbocycles. The minimum atomic E-state index is -0.753. The second-order valence-corrected chi connectivity index (χ2v) is 3.60. The highest BCUT2D eigenvalue weighted by Gasteiger charge is 2.17. The monoisotopic (exact) mass is 166 g/mol. The number of carbonyl (C=O) groups is 1. The van der Waals surface area contributed by atoms with E-state index in [2.05, 4.69) is 0 Å². The Kier molecular flexibility index (Phi) is 3.76. The first-order valence-electron chi connectivity index (χ1n) is 2.02. The molecule has 0 radical (unpaired) electrons. The topological polar surface area (TPSA) is 68.8 Å². The predicted molar refractivity (Wildman–Crippen MR) is 39.4 cm³/mol. The van der Waals surface area contributed by atoms with Crippen LogP contribution in [0.1, 0.15) is 0 Å². The van der Waals surface area contributed by atoms with Crippen molar-refractivity contribution < 1.29 is 15.4 Å². The Morgan fingerprint density at radius 2 is 2.33 bits per heavy atom. The van der Waals surface area contributed by atoms with Crippen LogP contribution in [-0.4, -0.2) is 21.8 Å². The zero-order chi connectivity index (χ0) is 5.98. The summed E-state index contributed by atoms with van der Waals surface area (Å²) >= 11 is 0.